The number of aromatic nitrogens is 2. The van der Waals surface area contributed by atoms with Crippen LogP contribution in [0.4, 0.5) is 17.2 Å². The number of nitrogens with one attached hydrogen (secondary N) is 1. The Balaban J connectivity index is 2.33. The summed E-state index contributed by atoms with van der Waals surface area (Å²) in [5.74, 6) is 0.506. The summed E-state index contributed by atoms with van der Waals surface area (Å²) in [6, 6.07) is 11.9. The van der Waals surface area contributed by atoms with Gasteiger partial charge in [-0.1, -0.05) is 18.2 Å². The molecule has 0 aliphatic heterocycles. The fourth-order valence-corrected chi connectivity index (χ4v) is 1.66. The Morgan fingerprint density at radius 2 is 2.12 bits per heavy atom. The van der Waals surface area contributed by atoms with Gasteiger partial charge in [0.1, 0.15) is 11.5 Å². The van der Waals surface area contributed by atoms with Crippen LogP contribution in [-0.2, 0) is 0 Å². The van der Waals surface area contributed by atoms with Gasteiger partial charge in [-0.05, 0) is 12.1 Å². The van der Waals surface area contributed by atoms with Crippen molar-refractivity contribution in [3.8, 4) is 6.07 Å². The SMILES string of the molecule is N#CCCN(c1ccccc1)c1cn[nH]c1N. The summed E-state index contributed by atoms with van der Waals surface area (Å²) in [6.07, 6.45) is 2.10. The highest BCUT2D eigenvalue weighted by Crippen LogP contribution is 2.28. The highest BCUT2D eigenvalue weighted by atomic mass is 15.2. The van der Waals surface area contributed by atoms with Gasteiger partial charge in [0.25, 0.3) is 0 Å². The highest BCUT2D eigenvalue weighted by Gasteiger charge is 2.13. The standard InChI is InChI=1S/C12H13N5/c13-7-4-8-17(10-5-2-1-3-6-10)11-9-15-16-12(11)14/h1-3,5-6,9H,4,8H2,(H3,14,15,16). The van der Waals surface area contributed by atoms with Gasteiger partial charge in [0.05, 0.1) is 18.7 Å². The first-order valence-corrected chi connectivity index (χ1v) is 5.31. The van der Waals surface area contributed by atoms with Crippen molar-refractivity contribution in [2.45, 2.75) is 6.42 Å². The number of hydrogen-bond donors (Lipinski definition) is 2. The predicted octanol–water partition coefficient (Wildman–Crippen LogP) is 2.04. The van der Waals surface area contributed by atoms with E-state index in [2.05, 4.69) is 16.3 Å². The summed E-state index contributed by atoms with van der Waals surface area (Å²) in [5, 5.41) is 15.3. The van der Waals surface area contributed by atoms with E-state index in [-0.39, 0.29) is 0 Å². The Morgan fingerprint density at radius 3 is 2.71 bits per heavy atom. The smallest absolute Gasteiger partial charge is 0.143 e. The largest absolute Gasteiger partial charge is 0.382 e. The van der Waals surface area contributed by atoms with Crippen LogP contribution in [0, 0.1) is 11.3 Å². The molecule has 0 aliphatic carbocycles. The molecule has 0 unspecified atom stereocenters. The second-order valence-electron chi connectivity index (χ2n) is 3.56. The van der Waals surface area contributed by atoms with E-state index in [9.17, 15) is 0 Å². The summed E-state index contributed by atoms with van der Waals surface area (Å²) < 4.78 is 0. The van der Waals surface area contributed by atoms with Crippen LogP contribution >= 0.6 is 0 Å². The van der Waals surface area contributed by atoms with Crippen molar-refractivity contribution < 1.29 is 0 Å². The molecule has 0 spiro atoms. The molecule has 0 aliphatic rings. The van der Waals surface area contributed by atoms with Gasteiger partial charge >= 0.3 is 0 Å². The molecule has 2 aromatic rings. The van der Waals surface area contributed by atoms with E-state index in [4.69, 9.17) is 11.0 Å². The Kier molecular flexibility index (Phi) is 3.26. The predicted molar refractivity (Wildman–Crippen MR) is 66.7 cm³/mol. The minimum atomic E-state index is 0.430. The Hall–Kier alpha value is -2.48. The third-order valence-electron chi connectivity index (χ3n) is 2.45. The van der Waals surface area contributed by atoms with E-state index in [0.717, 1.165) is 11.4 Å². The number of aromatic amines is 1. The highest BCUT2D eigenvalue weighted by molar-refractivity contribution is 5.71. The molecule has 0 saturated carbocycles. The Labute approximate surface area is 99.5 Å². The lowest BCUT2D eigenvalue weighted by Gasteiger charge is -2.22. The van der Waals surface area contributed by atoms with Crippen molar-refractivity contribution in [1.82, 2.24) is 10.2 Å². The van der Waals surface area contributed by atoms with Crippen LogP contribution < -0.4 is 10.6 Å². The number of rotatable bonds is 4. The molecule has 2 rings (SSSR count). The van der Waals surface area contributed by atoms with E-state index >= 15 is 0 Å². The topological polar surface area (TPSA) is 81.7 Å². The minimum Gasteiger partial charge on any atom is -0.382 e. The summed E-state index contributed by atoms with van der Waals surface area (Å²) in [7, 11) is 0. The van der Waals surface area contributed by atoms with Gasteiger partial charge in [0.15, 0.2) is 0 Å². The molecule has 3 N–H and O–H groups in total. The van der Waals surface area contributed by atoms with Crippen LogP contribution in [0.5, 0.6) is 0 Å². The third kappa shape index (κ3) is 2.37. The number of hydrogen-bond acceptors (Lipinski definition) is 4. The maximum Gasteiger partial charge on any atom is 0.143 e. The number of anilines is 3. The van der Waals surface area contributed by atoms with Crippen LogP contribution in [-0.4, -0.2) is 16.7 Å². The number of nitriles is 1. The van der Waals surface area contributed by atoms with Crippen LogP contribution in [0.3, 0.4) is 0 Å². The molecule has 0 fully saturated rings. The zero-order valence-corrected chi connectivity index (χ0v) is 9.30. The Bertz CT molecular complexity index is 511. The number of nitrogens with zero attached hydrogens (tertiary/aromatic N) is 3. The fourth-order valence-electron chi connectivity index (χ4n) is 1.66. The van der Waals surface area contributed by atoms with Gasteiger partial charge in [-0.3, -0.25) is 5.10 Å². The van der Waals surface area contributed by atoms with Crippen molar-refractivity contribution in [2.75, 3.05) is 17.2 Å². The molecule has 0 saturated heterocycles. The average Bonchev–Trinajstić information content (AvgIpc) is 2.78. The van der Waals surface area contributed by atoms with Crippen molar-refractivity contribution in [1.29, 1.82) is 5.26 Å². The summed E-state index contributed by atoms with van der Waals surface area (Å²) in [4.78, 5) is 1.97. The lowest BCUT2D eigenvalue weighted by atomic mass is 10.2. The normalized spacial score (nSPS) is 9.82. The van der Waals surface area contributed by atoms with Crippen molar-refractivity contribution in [2.24, 2.45) is 0 Å². The van der Waals surface area contributed by atoms with Crippen LogP contribution in [0.15, 0.2) is 36.5 Å². The van der Waals surface area contributed by atoms with E-state index in [0.29, 0.717) is 18.8 Å². The molecular weight excluding hydrogens is 214 g/mol. The quantitative estimate of drug-likeness (QED) is 0.837. The molecule has 0 atom stereocenters. The lowest BCUT2D eigenvalue weighted by Crippen LogP contribution is -2.18. The van der Waals surface area contributed by atoms with E-state index in [1.807, 2.05) is 35.2 Å². The van der Waals surface area contributed by atoms with E-state index < -0.39 is 0 Å². The van der Waals surface area contributed by atoms with Gasteiger partial charge in [-0.2, -0.15) is 10.4 Å². The van der Waals surface area contributed by atoms with Gasteiger partial charge in [-0.15, -0.1) is 0 Å². The average molecular weight is 227 g/mol. The molecule has 5 nitrogen and oxygen atoms in total. The zero-order valence-electron chi connectivity index (χ0n) is 9.30. The number of para-hydroxylation sites is 1. The number of benzene rings is 1. The maximum atomic E-state index is 8.70. The lowest BCUT2D eigenvalue weighted by molar-refractivity contribution is 0.950. The molecule has 1 heterocycles. The number of H-pyrrole nitrogens is 1. The first kappa shape index (κ1) is 11.0. The fraction of sp³-hybridized carbons (Fsp3) is 0.167. The molecule has 1 aromatic heterocycles. The summed E-state index contributed by atoms with van der Waals surface area (Å²) in [5.41, 5.74) is 7.60. The molecule has 5 heteroatoms. The first-order chi connectivity index (χ1) is 8.33. The van der Waals surface area contributed by atoms with Crippen LogP contribution in [0.25, 0.3) is 0 Å². The molecular formula is C12H13N5. The minimum absolute atomic E-state index is 0.430. The van der Waals surface area contributed by atoms with E-state index in [1.165, 1.54) is 0 Å². The summed E-state index contributed by atoms with van der Waals surface area (Å²) in [6.45, 7) is 0.588. The van der Waals surface area contributed by atoms with Crippen molar-refractivity contribution in [3.05, 3.63) is 36.5 Å². The van der Waals surface area contributed by atoms with Crippen molar-refractivity contribution >= 4 is 17.2 Å². The van der Waals surface area contributed by atoms with Crippen LogP contribution in [0.1, 0.15) is 6.42 Å². The second kappa shape index (κ2) is 5.03. The van der Waals surface area contributed by atoms with Crippen molar-refractivity contribution in [3.63, 3.8) is 0 Å². The second-order valence-corrected chi connectivity index (χ2v) is 3.56. The molecule has 1 aromatic carbocycles. The maximum absolute atomic E-state index is 8.70. The molecule has 0 bridgehead atoms. The first-order valence-electron chi connectivity index (χ1n) is 5.31. The van der Waals surface area contributed by atoms with Gasteiger partial charge in [0.2, 0.25) is 0 Å². The molecule has 86 valence electrons. The van der Waals surface area contributed by atoms with Gasteiger partial charge < -0.3 is 10.6 Å². The number of nitrogens with two attached hydrogens (primary N) is 1. The van der Waals surface area contributed by atoms with E-state index in [1.54, 1.807) is 6.20 Å². The van der Waals surface area contributed by atoms with Gasteiger partial charge in [-0.25, -0.2) is 0 Å². The zero-order chi connectivity index (χ0) is 12.1. The molecule has 0 amide bonds. The molecule has 17 heavy (non-hydrogen) atoms. The third-order valence-corrected chi connectivity index (χ3v) is 2.45. The monoisotopic (exact) mass is 227 g/mol. The molecule has 0 radical (unpaired) electrons. The Morgan fingerprint density at radius 1 is 1.35 bits per heavy atom. The van der Waals surface area contributed by atoms with Gasteiger partial charge in [0, 0.05) is 12.2 Å². The van der Waals surface area contributed by atoms with Crippen LogP contribution in [0.2, 0.25) is 0 Å². The summed E-state index contributed by atoms with van der Waals surface area (Å²) >= 11 is 0. The number of nitrogen functional groups attached to an aromatic ring is 1.